The fourth-order valence-corrected chi connectivity index (χ4v) is 3.78. The second-order valence-corrected chi connectivity index (χ2v) is 7.42. The van der Waals surface area contributed by atoms with Gasteiger partial charge in [0.05, 0.1) is 17.8 Å². The Morgan fingerprint density at radius 1 is 0.933 bits per heavy atom. The second-order valence-electron chi connectivity index (χ2n) is 7.42. The van der Waals surface area contributed by atoms with Crippen molar-refractivity contribution in [2.24, 2.45) is 11.3 Å². The summed E-state index contributed by atoms with van der Waals surface area (Å²) < 4.78 is 10.8. The van der Waals surface area contributed by atoms with E-state index in [1.165, 1.54) is 0 Å². The molecule has 0 heterocycles. The van der Waals surface area contributed by atoms with Gasteiger partial charge in [0.1, 0.15) is 13.2 Å². The zero-order valence-corrected chi connectivity index (χ0v) is 16.6. The molecular formula is C24H24O6. The van der Waals surface area contributed by atoms with E-state index in [0.717, 1.165) is 11.1 Å². The van der Waals surface area contributed by atoms with Crippen LogP contribution >= 0.6 is 0 Å². The Balaban J connectivity index is 1.69. The van der Waals surface area contributed by atoms with E-state index >= 15 is 0 Å². The van der Waals surface area contributed by atoms with Gasteiger partial charge in [-0.1, -0.05) is 67.2 Å². The van der Waals surface area contributed by atoms with Crippen molar-refractivity contribution in [3.05, 3.63) is 83.9 Å². The SMILES string of the molecule is C=C1C(C(=O)OCc2ccccc2)CCC1(CC(=O)O)C(=O)OCc1ccccc1. The lowest BCUT2D eigenvalue weighted by Crippen LogP contribution is -2.35. The van der Waals surface area contributed by atoms with Crippen LogP contribution in [0.4, 0.5) is 0 Å². The number of rotatable bonds is 8. The van der Waals surface area contributed by atoms with E-state index in [1.807, 2.05) is 60.7 Å². The third kappa shape index (κ3) is 4.76. The van der Waals surface area contributed by atoms with Crippen molar-refractivity contribution < 1.29 is 29.0 Å². The van der Waals surface area contributed by atoms with E-state index in [4.69, 9.17) is 9.47 Å². The van der Waals surface area contributed by atoms with E-state index in [1.54, 1.807) is 0 Å². The molecule has 6 nitrogen and oxygen atoms in total. The van der Waals surface area contributed by atoms with Crippen LogP contribution in [0.2, 0.25) is 0 Å². The highest BCUT2D eigenvalue weighted by Crippen LogP contribution is 2.49. The van der Waals surface area contributed by atoms with Crippen LogP contribution in [0.15, 0.2) is 72.8 Å². The maximum atomic E-state index is 12.9. The van der Waals surface area contributed by atoms with Gasteiger partial charge in [-0.25, -0.2) is 0 Å². The van der Waals surface area contributed by atoms with Crippen molar-refractivity contribution in [1.82, 2.24) is 0 Å². The smallest absolute Gasteiger partial charge is 0.317 e. The monoisotopic (exact) mass is 408 g/mol. The molecule has 0 aromatic heterocycles. The fourth-order valence-electron chi connectivity index (χ4n) is 3.78. The molecule has 0 spiro atoms. The summed E-state index contributed by atoms with van der Waals surface area (Å²) in [5.41, 5.74) is 0.449. The van der Waals surface area contributed by atoms with E-state index in [-0.39, 0.29) is 25.2 Å². The quantitative estimate of drug-likeness (QED) is 0.526. The predicted octanol–water partition coefficient (Wildman–Crippen LogP) is 3.90. The number of carbonyl (C=O) groups is 3. The van der Waals surface area contributed by atoms with Gasteiger partial charge in [-0.2, -0.15) is 0 Å². The van der Waals surface area contributed by atoms with Gasteiger partial charge in [0.25, 0.3) is 0 Å². The molecular weight excluding hydrogens is 384 g/mol. The van der Waals surface area contributed by atoms with E-state index in [2.05, 4.69) is 6.58 Å². The largest absolute Gasteiger partial charge is 0.481 e. The molecule has 1 N–H and O–H groups in total. The van der Waals surface area contributed by atoms with Crippen molar-refractivity contribution in [2.45, 2.75) is 32.5 Å². The highest BCUT2D eigenvalue weighted by atomic mass is 16.5. The zero-order chi connectivity index (χ0) is 21.6. The molecule has 2 atom stereocenters. The summed E-state index contributed by atoms with van der Waals surface area (Å²) in [6.07, 6.45) is -0.00104. The minimum Gasteiger partial charge on any atom is -0.481 e. The summed E-state index contributed by atoms with van der Waals surface area (Å²) in [7, 11) is 0. The molecule has 0 amide bonds. The first-order chi connectivity index (χ1) is 14.4. The molecule has 156 valence electrons. The second kappa shape index (κ2) is 9.39. The lowest BCUT2D eigenvalue weighted by molar-refractivity contribution is -0.159. The van der Waals surface area contributed by atoms with Gasteiger partial charge in [0.15, 0.2) is 0 Å². The first-order valence-corrected chi connectivity index (χ1v) is 9.75. The molecule has 1 aliphatic rings. The third-order valence-corrected chi connectivity index (χ3v) is 5.46. The van der Waals surface area contributed by atoms with Gasteiger partial charge in [0, 0.05) is 0 Å². The Labute approximate surface area is 175 Å². The number of hydrogen-bond donors (Lipinski definition) is 1. The molecule has 2 aromatic carbocycles. The van der Waals surface area contributed by atoms with E-state index in [0.29, 0.717) is 6.42 Å². The standard InChI is InChI=1S/C24H24O6/c1-17-20(22(27)29-15-18-8-4-2-5-9-18)12-13-24(17,14-21(25)26)23(28)30-16-19-10-6-3-7-11-19/h2-11,20H,1,12-16H2,(H,25,26). The number of aliphatic carboxylic acids is 1. The summed E-state index contributed by atoms with van der Waals surface area (Å²) in [5, 5.41) is 9.40. The van der Waals surface area contributed by atoms with Crippen molar-refractivity contribution >= 4 is 17.9 Å². The Morgan fingerprint density at radius 2 is 1.47 bits per heavy atom. The Hall–Kier alpha value is -3.41. The minimum atomic E-state index is -1.43. The minimum absolute atomic E-state index is 0.0252. The van der Waals surface area contributed by atoms with E-state index < -0.39 is 35.7 Å². The number of benzene rings is 2. The Bertz CT molecular complexity index is 921. The van der Waals surface area contributed by atoms with Crippen molar-refractivity contribution in [3.63, 3.8) is 0 Å². The van der Waals surface area contributed by atoms with E-state index in [9.17, 15) is 19.5 Å². The summed E-state index contributed by atoms with van der Waals surface area (Å²) >= 11 is 0. The van der Waals surface area contributed by atoms with Gasteiger partial charge in [-0.3, -0.25) is 14.4 Å². The summed E-state index contributed by atoms with van der Waals surface area (Å²) in [4.78, 5) is 37.1. The first kappa shape index (κ1) is 21.3. The molecule has 2 aromatic rings. The maximum absolute atomic E-state index is 12.9. The topological polar surface area (TPSA) is 89.9 Å². The molecule has 3 rings (SSSR count). The van der Waals surface area contributed by atoms with Crippen LogP contribution in [0.1, 0.15) is 30.4 Å². The molecule has 1 aliphatic carbocycles. The summed E-state index contributed by atoms with van der Waals surface area (Å²) in [5.74, 6) is -3.06. The lowest BCUT2D eigenvalue weighted by Gasteiger charge is -2.27. The lowest BCUT2D eigenvalue weighted by atomic mass is 9.78. The summed E-state index contributed by atoms with van der Waals surface area (Å²) in [6.45, 7) is 4.06. The van der Waals surface area contributed by atoms with Crippen LogP contribution in [0.3, 0.4) is 0 Å². The molecule has 1 saturated carbocycles. The number of esters is 2. The number of carboxylic acid groups (broad SMARTS) is 1. The van der Waals surface area contributed by atoms with Crippen LogP contribution in [-0.4, -0.2) is 23.0 Å². The van der Waals surface area contributed by atoms with Crippen molar-refractivity contribution in [1.29, 1.82) is 0 Å². The average molecular weight is 408 g/mol. The van der Waals surface area contributed by atoms with Crippen LogP contribution in [-0.2, 0) is 37.1 Å². The fraction of sp³-hybridized carbons (Fsp3) is 0.292. The van der Waals surface area contributed by atoms with Crippen LogP contribution < -0.4 is 0 Å². The van der Waals surface area contributed by atoms with Crippen LogP contribution in [0.5, 0.6) is 0 Å². The molecule has 0 saturated heterocycles. The van der Waals surface area contributed by atoms with Gasteiger partial charge >= 0.3 is 17.9 Å². The Kier molecular flexibility index (Phi) is 6.67. The molecule has 1 fully saturated rings. The van der Waals surface area contributed by atoms with Gasteiger partial charge in [-0.05, 0) is 29.5 Å². The molecule has 6 heteroatoms. The third-order valence-electron chi connectivity index (χ3n) is 5.46. The maximum Gasteiger partial charge on any atom is 0.317 e. The first-order valence-electron chi connectivity index (χ1n) is 9.75. The summed E-state index contributed by atoms with van der Waals surface area (Å²) in [6, 6.07) is 18.4. The van der Waals surface area contributed by atoms with Crippen molar-refractivity contribution in [3.8, 4) is 0 Å². The highest BCUT2D eigenvalue weighted by molar-refractivity contribution is 5.90. The molecule has 2 unspecified atom stereocenters. The van der Waals surface area contributed by atoms with Crippen molar-refractivity contribution in [2.75, 3.05) is 0 Å². The Morgan fingerprint density at radius 3 is 2.00 bits per heavy atom. The predicted molar refractivity (Wildman–Crippen MR) is 109 cm³/mol. The highest BCUT2D eigenvalue weighted by Gasteiger charge is 2.53. The van der Waals surface area contributed by atoms with Crippen LogP contribution in [0.25, 0.3) is 0 Å². The number of hydrogen-bond acceptors (Lipinski definition) is 5. The number of carboxylic acids is 1. The number of carbonyl (C=O) groups excluding carboxylic acids is 2. The number of ether oxygens (including phenoxy) is 2. The van der Waals surface area contributed by atoms with Gasteiger partial charge in [0.2, 0.25) is 0 Å². The van der Waals surface area contributed by atoms with Gasteiger partial charge < -0.3 is 14.6 Å². The molecule has 30 heavy (non-hydrogen) atoms. The molecule has 0 bridgehead atoms. The van der Waals surface area contributed by atoms with Crippen LogP contribution in [0, 0.1) is 11.3 Å². The normalized spacial score (nSPS) is 20.5. The molecule has 0 radical (unpaired) electrons. The van der Waals surface area contributed by atoms with Gasteiger partial charge in [-0.15, -0.1) is 0 Å². The molecule has 0 aliphatic heterocycles. The zero-order valence-electron chi connectivity index (χ0n) is 16.6. The average Bonchev–Trinajstić information content (AvgIpc) is 3.08.